The number of nitrogens with one attached hydrogen (secondary N) is 1. The molecule has 0 bridgehead atoms. The summed E-state index contributed by atoms with van der Waals surface area (Å²) >= 11 is 0. The molecule has 0 amide bonds. The van der Waals surface area contributed by atoms with E-state index in [0.29, 0.717) is 12.6 Å². The molecular weight excluding hydrogens is 190 g/mol. The Labute approximate surface area is 90.3 Å². The lowest BCUT2D eigenvalue weighted by Gasteiger charge is -2.22. The zero-order chi connectivity index (χ0) is 10.3. The lowest BCUT2D eigenvalue weighted by Crippen LogP contribution is -2.34. The maximum Gasteiger partial charge on any atom is 0.0933 e. The number of hydrogen-bond donors (Lipinski definition) is 1. The van der Waals surface area contributed by atoms with Gasteiger partial charge in [0.25, 0.3) is 0 Å². The normalized spacial score (nSPS) is 17.9. The van der Waals surface area contributed by atoms with Crippen LogP contribution in [0.1, 0.15) is 18.4 Å². The topological polar surface area (TPSA) is 30.5 Å². The van der Waals surface area contributed by atoms with Crippen molar-refractivity contribution in [2.45, 2.75) is 25.5 Å². The molecule has 1 aromatic carbocycles. The molecule has 0 radical (unpaired) electrons. The molecule has 1 fully saturated rings. The van der Waals surface area contributed by atoms with Gasteiger partial charge in [0.15, 0.2) is 0 Å². The van der Waals surface area contributed by atoms with Crippen molar-refractivity contribution < 1.29 is 9.57 Å². The fourth-order valence-corrected chi connectivity index (χ4v) is 1.63. The van der Waals surface area contributed by atoms with E-state index in [9.17, 15) is 0 Å². The molecule has 0 unspecified atom stereocenters. The third kappa shape index (κ3) is 3.63. The van der Waals surface area contributed by atoms with Crippen LogP contribution >= 0.6 is 0 Å². The van der Waals surface area contributed by atoms with Crippen molar-refractivity contribution in [1.29, 1.82) is 0 Å². The minimum atomic E-state index is 0.447. The minimum absolute atomic E-state index is 0.447. The molecule has 3 nitrogen and oxygen atoms in total. The Kier molecular flexibility index (Phi) is 4.14. The summed E-state index contributed by atoms with van der Waals surface area (Å²) in [7, 11) is 0. The van der Waals surface area contributed by atoms with E-state index in [2.05, 4.69) is 17.6 Å². The average Bonchev–Trinajstić information content (AvgIpc) is 2.32. The van der Waals surface area contributed by atoms with Gasteiger partial charge >= 0.3 is 0 Å². The van der Waals surface area contributed by atoms with Crippen molar-refractivity contribution in [2.75, 3.05) is 13.2 Å². The molecule has 1 aromatic rings. The second kappa shape index (κ2) is 5.85. The number of ether oxygens (including phenoxy) is 1. The van der Waals surface area contributed by atoms with Gasteiger partial charge in [0, 0.05) is 19.3 Å². The van der Waals surface area contributed by atoms with E-state index in [0.717, 1.165) is 26.1 Å². The Morgan fingerprint density at radius 3 is 2.67 bits per heavy atom. The van der Waals surface area contributed by atoms with E-state index >= 15 is 0 Å². The summed E-state index contributed by atoms with van der Waals surface area (Å²) in [5.41, 5.74) is 4.28. The smallest absolute Gasteiger partial charge is 0.0933 e. The monoisotopic (exact) mass is 207 g/mol. The predicted octanol–water partition coefficient (Wildman–Crippen LogP) is 1.89. The number of hydroxylamine groups is 1. The van der Waals surface area contributed by atoms with Crippen LogP contribution in [-0.2, 0) is 16.2 Å². The SMILES string of the molecule is c1ccc(CONC2CCOCC2)cc1. The van der Waals surface area contributed by atoms with E-state index in [1.165, 1.54) is 5.56 Å². The summed E-state index contributed by atoms with van der Waals surface area (Å²) in [6.45, 7) is 2.30. The second-order valence-corrected chi connectivity index (χ2v) is 3.78. The fraction of sp³-hybridized carbons (Fsp3) is 0.500. The van der Waals surface area contributed by atoms with Crippen LogP contribution in [0.4, 0.5) is 0 Å². The maximum atomic E-state index is 5.45. The van der Waals surface area contributed by atoms with Crippen LogP contribution < -0.4 is 5.48 Å². The highest BCUT2D eigenvalue weighted by Gasteiger charge is 2.12. The first-order valence-corrected chi connectivity index (χ1v) is 5.44. The molecular formula is C12H17NO2. The maximum absolute atomic E-state index is 5.45. The fourth-order valence-electron chi connectivity index (χ4n) is 1.63. The lowest BCUT2D eigenvalue weighted by atomic mass is 10.1. The van der Waals surface area contributed by atoms with Gasteiger partial charge in [0.1, 0.15) is 0 Å². The van der Waals surface area contributed by atoms with Gasteiger partial charge in [-0.15, -0.1) is 0 Å². The van der Waals surface area contributed by atoms with E-state index in [-0.39, 0.29) is 0 Å². The van der Waals surface area contributed by atoms with Crippen LogP contribution in [0.2, 0.25) is 0 Å². The van der Waals surface area contributed by atoms with Gasteiger partial charge in [-0.3, -0.25) is 4.84 Å². The lowest BCUT2D eigenvalue weighted by molar-refractivity contribution is -0.0298. The molecule has 0 spiro atoms. The Balaban J connectivity index is 1.66. The summed E-state index contributed by atoms with van der Waals surface area (Å²) in [4.78, 5) is 5.45. The molecule has 15 heavy (non-hydrogen) atoms. The van der Waals surface area contributed by atoms with Crippen molar-refractivity contribution >= 4 is 0 Å². The first-order valence-electron chi connectivity index (χ1n) is 5.44. The van der Waals surface area contributed by atoms with E-state index in [1.807, 2.05) is 18.2 Å². The zero-order valence-corrected chi connectivity index (χ0v) is 8.82. The van der Waals surface area contributed by atoms with Gasteiger partial charge in [-0.05, 0) is 18.4 Å². The van der Waals surface area contributed by atoms with E-state index in [1.54, 1.807) is 0 Å². The third-order valence-corrected chi connectivity index (χ3v) is 2.55. The Morgan fingerprint density at radius 1 is 1.20 bits per heavy atom. The Hall–Kier alpha value is -0.900. The number of rotatable bonds is 4. The van der Waals surface area contributed by atoms with E-state index in [4.69, 9.17) is 9.57 Å². The summed E-state index contributed by atoms with van der Waals surface area (Å²) in [6.07, 6.45) is 2.07. The molecule has 0 atom stereocenters. The largest absolute Gasteiger partial charge is 0.381 e. The first kappa shape index (κ1) is 10.6. The molecule has 1 aliphatic heterocycles. The highest BCUT2D eigenvalue weighted by atomic mass is 16.6. The van der Waals surface area contributed by atoms with Gasteiger partial charge in [0.2, 0.25) is 0 Å². The molecule has 3 heteroatoms. The standard InChI is InChI=1S/C12H17NO2/c1-2-4-11(5-3-1)10-15-13-12-6-8-14-9-7-12/h1-5,12-13H,6-10H2. The van der Waals surface area contributed by atoms with Crippen molar-refractivity contribution in [2.24, 2.45) is 0 Å². The van der Waals surface area contributed by atoms with Gasteiger partial charge in [-0.25, -0.2) is 0 Å². The van der Waals surface area contributed by atoms with Crippen molar-refractivity contribution in [1.82, 2.24) is 5.48 Å². The Bertz CT molecular complexity index is 270. The van der Waals surface area contributed by atoms with Crippen molar-refractivity contribution in [3.63, 3.8) is 0 Å². The zero-order valence-electron chi connectivity index (χ0n) is 8.82. The van der Waals surface area contributed by atoms with E-state index < -0.39 is 0 Å². The quantitative estimate of drug-likeness (QED) is 0.765. The molecule has 0 aliphatic carbocycles. The molecule has 1 heterocycles. The number of benzene rings is 1. The molecule has 1 N–H and O–H groups in total. The van der Waals surface area contributed by atoms with Crippen LogP contribution in [0.25, 0.3) is 0 Å². The van der Waals surface area contributed by atoms with Gasteiger partial charge in [0.05, 0.1) is 6.61 Å². The van der Waals surface area contributed by atoms with Gasteiger partial charge < -0.3 is 4.74 Å². The summed E-state index contributed by atoms with van der Waals surface area (Å²) in [5, 5.41) is 0. The molecule has 82 valence electrons. The van der Waals surface area contributed by atoms with Crippen LogP contribution in [0.3, 0.4) is 0 Å². The molecule has 0 aromatic heterocycles. The van der Waals surface area contributed by atoms with Gasteiger partial charge in [-0.1, -0.05) is 30.3 Å². The van der Waals surface area contributed by atoms with Crippen LogP contribution in [0.5, 0.6) is 0 Å². The van der Waals surface area contributed by atoms with Crippen LogP contribution in [0, 0.1) is 0 Å². The molecule has 2 rings (SSSR count). The summed E-state index contributed by atoms with van der Waals surface area (Å²) in [5.74, 6) is 0. The minimum Gasteiger partial charge on any atom is -0.381 e. The molecule has 0 saturated carbocycles. The average molecular weight is 207 g/mol. The molecule has 1 saturated heterocycles. The van der Waals surface area contributed by atoms with Crippen molar-refractivity contribution in [3.05, 3.63) is 35.9 Å². The van der Waals surface area contributed by atoms with Crippen LogP contribution in [0.15, 0.2) is 30.3 Å². The van der Waals surface area contributed by atoms with Crippen LogP contribution in [-0.4, -0.2) is 19.3 Å². The second-order valence-electron chi connectivity index (χ2n) is 3.78. The summed E-state index contributed by atoms with van der Waals surface area (Å²) in [6, 6.07) is 10.6. The number of hydrogen-bond acceptors (Lipinski definition) is 3. The predicted molar refractivity (Wildman–Crippen MR) is 58.2 cm³/mol. The first-order chi connectivity index (χ1) is 7.45. The third-order valence-electron chi connectivity index (χ3n) is 2.55. The Morgan fingerprint density at radius 2 is 1.93 bits per heavy atom. The van der Waals surface area contributed by atoms with Crippen molar-refractivity contribution in [3.8, 4) is 0 Å². The highest BCUT2D eigenvalue weighted by molar-refractivity contribution is 5.13. The summed E-state index contributed by atoms with van der Waals surface area (Å²) < 4.78 is 5.27. The highest BCUT2D eigenvalue weighted by Crippen LogP contribution is 2.07. The van der Waals surface area contributed by atoms with Gasteiger partial charge in [-0.2, -0.15) is 5.48 Å². The molecule has 1 aliphatic rings.